The van der Waals surface area contributed by atoms with Crippen LogP contribution in [0.5, 0.6) is 0 Å². The minimum absolute atomic E-state index is 0.0187. The van der Waals surface area contributed by atoms with Gasteiger partial charge in [-0.3, -0.25) is 9.59 Å². The van der Waals surface area contributed by atoms with Gasteiger partial charge in [-0.15, -0.1) is 10.2 Å². The number of tetrazole rings is 1. The number of halogens is 7. The van der Waals surface area contributed by atoms with Crippen LogP contribution in [0.2, 0.25) is 5.02 Å². The maximum atomic E-state index is 13.7. The Morgan fingerprint density at radius 1 is 1.14 bits per heavy atom. The molecule has 4 aromatic rings. The van der Waals surface area contributed by atoms with Crippen molar-refractivity contribution in [1.29, 1.82) is 0 Å². The third kappa shape index (κ3) is 6.43. The molecular weight excluding hydrogens is 681 g/mol. The summed E-state index contributed by atoms with van der Waals surface area (Å²) in [5.74, 6) is -7.92. The summed E-state index contributed by atoms with van der Waals surface area (Å²) in [6, 6.07) is 7.47. The predicted octanol–water partition coefficient (Wildman–Crippen LogP) is 5.46. The van der Waals surface area contributed by atoms with Crippen molar-refractivity contribution >= 4 is 45.0 Å². The van der Waals surface area contributed by atoms with Gasteiger partial charge in [-0.25, -0.2) is 9.67 Å². The Morgan fingerprint density at radius 2 is 1.86 bits per heavy atom. The molecule has 18 heteroatoms. The normalized spacial score (nSPS) is 14.4. The lowest BCUT2D eigenvalue weighted by Crippen LogP contribution is -2.35. The Kier molecular flexibility index (Phi) is 8.45. The number of pyridine rings is 1. The molecule has 1 atom stereocenters. The number of aryl methyl sites for hydroxylation is 1. The highest BCUT2D eigenvalue weighted by molar-refractivity contribution is 9.10. The quantitative estimate of drug-likeness (QED) is 0.222. The highest BCUT2D eigenvalue weighted by Crippen LogP contribution is 2.42. The van der Waals surface area contributed by atoms with Crippen molar-refractivity contribution in [1.82, 2.24) is 40.3 Å². The minimum Gasteiger partial charge on any atom is -0.349 e. The molecule has 1 aromatic carbocycles. The maximum Gasteiger partial charge on any atom is 0.461 e. The second-order valence-corrected chi connectivity index (χ2v) is 11.5. The number of benzene rings is 1. The van der Waals surface area contributed by atoms with E-state index < -0.39 is 36.3 Å². The number of aromatic nitrogens is 7. The van der Waals surface area contributed by atoms with Crippen molar-refractivity contribution in [3.05, 3.63) is 74.4 Å². The van der Waals surface area contributed by atoms with Gasteiger partial charge in [-0.2, -0.15) is 31.8 Å². The summed E-state index contributed by atoms with van der Waals surface area (Å²) in [5, 5.41) is 19.3. The van der Waals surface area contributed by atoms with Gasteiger partial charge in [-0.1, -0.05) is 27.5 Å². The van der Waals surface area contributed by atoms with Crippen LogP contribution in [-0.2, 0) is 12.5 Å². The molecule has 1 unspecified atom stereocenters. The fourth-order valence-corrected chi connectivity index (χ4v) is 5.11. The molecule has 0 saturated heterocycles. The summed E-state index contributed by atoms with van der Waals surface area (Å²) in [6.45, 7) is 3.07. The second-order valence-electron chi connectivity index (χ2n) is 10.2. The maximum absolute atomic E-state index is 13.7. The molecule has 11 nitrogen and oxygen atoms in total. The van der Waals surface area contributed by atoms with Crippen molar-refractivity contribution in [2.75, 3.05) is 5.32 Å². The molecule has 0 radical (unpaired) electrons. The monoisotopic (exact) mass is 701 g/mol. The van der Waals surface area contributed by atoms with E-state index in [-0.39, 0.29) is 39.5 Å². The van der Waals surface area contributed by atoms with Gasteiger partial charge < -0.3 is 10.6 Å². The van der Waals surface area contributed by atoms with Gasteiger partial charge in [0.2, 0.25) is 0 Å². The SMILES string of the molecule is Cc1cc(Br)cc(C(=O)NC(C)C2CC2)c1NC(=O)c1cc(Cn2nnc(C(F)(F)C(F)(F)F)n2)nn1-c1ncccc1Cl. The molecule has 1 aliphatic rings. The first-order chi connectivity index (χ1) is 20.7. The number of anilines is 1. The van der Waals surface area contributed by atoms with Crippen LogP contribution in [-0.4, -0.2) is 59.0 Å². The van der Waals surface area contributed by atoms with Crippen LogP contribution in [0.3, 0.4) is 0 Å². The van der Waals surface area contributed by atoms with Gasteiger partial charge in [0.15, 0.2) is 5.82 Å². The first-order valence-corrected chi connectivity index (χ1v) is 14.2. The fourth-order valence-electron chi connectivity index (χ4n) is 4.34. The topological polar surface area (TPSA) is 133 Å². The number of nitrogens with zero attached hydrogens (tertiary/aromatic N) is 7. The van der Waals surface area contributed by atoms with E-state index in [0.717, 1.165) is 17.5 Å². The molecular formula is C26H22BrClF5N9O2. The Morgan fingerprint density at radius 3 is 2.52 bits per heavy atom. The van der Waals surface area contributed by atoms with Crippen LogP contribution in [0.1, 0.15) is 57.7 Å². The Labute approximate surface area is 259 Å². The average Bonchev–Trinajstić information content (AvgIpc) is 3.55. The van der Waals surface area contributed by atoms with Crippen LogP contribution in [0.4, 0.5) is 27.6 Å². The number of carbonyl (C=O) groups excluding carboxylic acids is 2. The minimum atomic E-state index is -5.93. The van der Waals surface area contributed by atoms with Crippen LogP contribution in [0.15, 0.2) is 41.0 Å². The number of amides is 2. The molecule has 2 amide bonds. The van der Waals surface area contributed by atoms with Gasteiger partial charge in [0.1, 0.15) is 12.2 Å². The van der Waals surface area contributed by atoms with Crippen molar-refractivity contribution in [3.8, 4) is 5.82 Å². The molecule has 1 aliphatic carbocycles. The number of carbonyl (C=O) groups is 2. The zero-order valence-electron chi connectivity index (χ0n) is 22.8. The van der Waals surface area contributed by atoms with Gasteiger partial charge >= 0.3 is 12.1 Å². The van der Waals surface area contributed by atoms with Crippen molar-refractivity contribution in [2.24, 2.45) is 5.92 Å². The molecule has 3 aromatic heterocycles. The van der Waals surface area contributed by atoms with E-state index >= 15 is 0 Å². The van der Waals surface area contributed by atoms with Gasteiger partial charge in [0.25, 0.3) is 17.6 Å². The standard InChI is InChI=1S/C26H22BrClF5N9O2/c1-12-8-15(27)9-17(22(43)35-13(2)14-5-6-14)20(12)36-23(44)19-10-16(38-42(19)21-18(28)4-3-7-34-21)11-41-39-24(37-40-41)25(29,30)26(31,32)33/h3-4,7-10,13-14H,5-6,11H2,1-2H3,(H,35,43)(H,36,44). The van der Waals surface area contributed by atoms with E-state index in [1.807, 2.05) is 6.92 Å². The van der Waals surface area contributed by atoms with Crippen molar-refractivity contribution in [3.63, 3.8) is 0 Å². The lowest BCUT2D eigenvalue weighted by atomic mass is 10.1. The Hall–Kier alpha value is -3.99. The molecule has 0 aliphatic heterocycles. The molecule has 232 valence electrons. The predicted molar refractivity (Wildman–Crippen MR) is 150 cm³/mol. The molecule has 0 spiro atoms. The first kappa shape index (κ1) is 31.4. The molecule has 1 fully saturated rings. The average molecular weight is 703 g/mol. The number of nitrogens with one attached hydrogen (secondary N) is 2. The fraction of sp³-hybridized carbons (Fsp3) is 0.346. The van der Waals surface area contributed by atoms with E-state index in [0.29, 0.717) is 20.8 Å². The van der Waals surface area contributed by atoms with E-state index in [1.165, 1.54) is 24.4 Å². The lowest BCUT2D eigenvalue weighted by molar-refractivity contribution is -0.292. The van der Waals surface area contributed by atoms with Crippen LogP contribution >= 0.6 is 27.5 Å². The molecule has 1 saturated carbocycles. The van der Waals surface area contributed by atoms with E-state index in [4.69, 9.17) is 11.6 Å². The number of hydrogen-bond donors (Lipinski definition) is 2. The summed E-state index contributed by atoms with van der Waals surface area (Å²) in [6.07, 6.45) is -2.51. The van der Waals surface area contributed by atoms with Crippen LogP contribution in [0.25, 0.3) is 5.82 Å². The number of hydrogen-bond acceptors (Lipinski definition) is 7. The smallest absolute Gasteiger partial charge is 0.349 e. The first-order valence-electron chi connectivity index (χ1n) is 13.0. The van der Waals surface area contributed by atoms with Crippen molar-refractivity contribution in [2.45, 2.75) is 51.4 Å². The zero-order chi connectivity index (χ0) is 32.0. The lowest BCUT2D eigenvalue weighted by Gasteiger charge is -2.18. The Balaban J connectivity index is 1.49. The summed E-state index contributed by atoms with van der Waals surface area (Å²) >= 11 is 9.69. The molecule has 2 N–H and O–H groups in total. The number of alkyl halides is 5. The molecule has 0 bridgehead atoms. The van der Waals surface area contributed by atoms with Crippen LogP contribution in [0, 0.1) is 12.8 Å². The number of rotatable bonds is 9. The van der Waals surface area contributed by atoms with Crippen LogP contribution < -0.4 is 10.6 Å². The third-order valence-electron chi connectivity index (χ3n) is 6.80. The van der Waals surface area contributed by atoms with E-state index in [9.17, 15) is 31.5 Å². The highest BCUT2D eigenvalue weighted by Gasteiger charge is 2.62. The van der Waals surface area contributed by atoms with Gasteiger partial charge in [0.05, 0.1) is 22.0 Å². The molecule has 3 heterocycles. The van der Waals surface area contributed by atoms with E-state index in [2.05, 4.69) is 52.1 Å². The van der Waals surface area contributed by atoms with Gasteiger partial charge in [0, 0.05) is 16.7 Å². The van der Waals surface area contributed by atoms with Crippen molar-refractivity contribution < 1.29 is 31.5 Å². The van der Waals surface area contributed by atoms with Gasteiger partial charge in [-0.05, 0) is 73.7 Å². The third-order valence-corrected chi connectivity index (χ3v) is 7.55. The summed E-state index contributed by atoms with van der Waals surface area (Å²) < 4.78 is 67.3. The Bertz CT molecular complexity index is 1740. The molecule has 5 rings (SSSR count). The zero-order valence-corrected chi connectivity index (χ0v) is 25.2. The summed E-state index contributed by atoms with van der Waals surface area (Å²) in [5.41, 5.74) is 0.799. The summed E-state index contributed by atoms with van der Waals surface area (Å²) in [4.78, 5) is 31.6. The summed E-state index contributed by atoms with van der Waals surface area (Å²) in [7, 11) is 0. The molecule has 44 heavy (non-hydrogen) atoms. The second kappa shape index (κ2) is 11.8. The largest absolute Gasteiger partial charge is 0.461 e. The van der Waals surface area contributed by atoms with E-state index in [1.54, 1.807) is 19.1 Å². The highest BCUT2D eigenvalue weighted by atomic mass is 79.9.